The number of phenolic OH excluding ortho intramolecular Hbond substituents is 2. The molecule has 20 heavy (non-hydrogen) atoms. The number of carbonyl (C=O) groups is 1. The van der Waals surface area contributed by atoms with E-state index in [1.54, 1.807) is 0 Å². The summed E-state index contributed by atoms with van der Waals surface area (Å²) in [7, 11) is 0. The van der Waals surface area contributed by atoms with Crippen LogP contribution in [-0.4, -0.2) is 16.1 Å². The van der Waals surface area contributed by atoms with Gasteiger partial charge in [0.2, 0.25) is 0 Å². The summed E-state index contributed by atoms with van der Waals surface area (Å²) < 4.78 is 0. The predicted octanol–water partition coefficient (Wildman–Crippen LogP) is 4.31. The molecule has 0 aliphatic rings. The number of hydrogen-bond acceptors (Lipinski definition) is 3. The molecule has 2 rings (SSSR count). The van der Waals surface area contributed by atoms with Gasteiger partial charge >= 0.3 is 0 Å². The van der Waals surface area contributed by atoms with Gasteiger partial charge in [-0.05, 0) is 30.3 Å². The number of halogens is 3. The molecule has 0 atom stereocenters. The molecule has 3 N–H and O–H groups in total. The Kier molecular flexibility index (Phi) is 4.28. The van der Waals surface area contributed by atoms with Gasteiger partial charge in [0.1, 0.15) is 5.75 Å². The Labute approximate surface area is 129 Å². The Hall–Kier alpha value is -1.62. The van der Waals surface area contributed by atoms with Crippen molar-refractivity contribution >= 4 is 46.4 Å². The van der Waals surface area contributed by atoms with Crippen LogP contribution in [0.25, 0.3) is 0 Å². The molecule has 0 spiro atoms. The average molecular weight is 333 g/mol. The quantitative estimate of drug-likeness (QED) is 0.718. The molecule has 0 radical (unpaired) electrons. The molecule has 104 valence electrons. The number of carbonyl (C=O) groups excluding carboxylic acids is 1. The van der Waals surface area contributed by atoms with Crippen molar-refractivity contribution in [2.75, 3.05) is 5.32 Å². The zero-order valence-electron chi connectivity index (χ0n) is 9.82. The molecule has 0 heterocycles. The second kappa shape index (κ2) is 5.79. The first-order chi connectivity index (χ1) is 9.38. The Balaban J connectivity index is 2.25. The minimum absolute atomic E-state index is 0.0246. The van der Waals surface area contributed by atoms with Gasteiger partial charge in [-0.25, -0.2) is 0 Å². The van der Waals surface area contributed by atoms with Crippen molar-refractivity contribution < 1.29 is 15.0 Å². The summed E-state index contributed by atoms with van der Waals surface area (Å²) in [5.41, 5.74) is 0.583. The third kappa shape index (κ3) is 3.10. The molecule has 0 aliphatic heterocycles. The van der Waals surface area contributed by atoms with Crippen molar-refractivity contribution in [2.24, 2.45) is 0 Å². The molecule has 2 aromatic carbocycles. The molecule has 0 fully saturated rings. The molecular formula is C13H8Cl3NO3. The Morgan fingerprint density at radius 3 is 2.10 bits per heavy atom. The smallest absolute Gasteiger partial charge is 0.255 e. The first-order valence-electron chi connectivity index (χ1n) is 5.36. The van der Waals surface area contributed by atoms with E-state index in [2.05, 4.69) is 5.32 Å². The van der Waals surface area contributed by atoms with E-state index in [1.165, 1.54) is 30.3 Å². The monoisotopic (exact) mass is 331 g/mol. The van der Waals surface area contributed by atoms with Crippen molar-refractivity contribution in [2.45, 2.75) is 0 Å². The lowest BCUT2D eigenvalue weighted by molar-refractivity contribution is 0.102. The fraction of sp³-hybridized carbons (Fsp3) is 0. The minimum atomic E-state index is -0.454. The summed E-state index contributed by atoms with van der Waals surface area (Å²) in [5.74, 6) is -0.817. The van der Waals surface area contributed by atoms with Crippen LogP contribution in [-0.2, 0) is 0 Å². The third-order valence-electron chi connectivity index (χ3n) is 2.48. The Morgan fingerprint density at radius 1 is 0.950 bits per heavy atom. The molecule has 0 aromatic heterocycles. The zero-order valence-corrected chi connectivity index (χ0v) is 12.1. The Bertz CT molecular complexity index is 666. The van der Waals surface area contributed by atoms with Gasteiger partial charge in [0.05, 0.1) is 15.1 Å². The maximum atomic E-state index is 12.0. The van der Waals surface area contributed by atoms with Crippen molar-refractivity contribution in [3.8, 4) is 11.5 Å². The van der Waals surface area contributed by atoms with Crippen LogP contribution >= 0.6 is 34.8 Å². The fourth-order valence-corrected chi connectivity index (χ4v) is 2.16. The molecule has 0 unspecified atom stereocenters. The van der Waals surface area contributed by atoms with Gasteiger partial charge in [-0.1, -0.05) is 34.8 Å². The van der Waals surface area contributed by atoms with Crippen molar-refractivity contribution in [3.63, 3.8) is 0 Å². The molecule has 2 aromatic rings. The molecule has 0 saturated carbocycles. The van der Waals surface area contributed by atoms with Crippen LogP contribution in [0.4, 0.5) is 5.69 Å². The van der Waals surface area contributed by atoms with Crippen LogP contribution in [0.1, 0.15) is 10.4 Å². The van der Waals surface area contributed by atoms with E-state index >= 15 is 0 Å². The summed E-state index contributed by atoms with van der Waals surface area (Å²) in [6, 6.07) is 6.79. The van der Waals surface area contributed by atoms with Gasteiger partial charge in [-0.2, -0.15) is 0 Å². The molecule has 7 heteroatoms. The molecule has 0 saturated heterocycles. The minimum Gasteiger partial charge on any atom is -0.506 e. The zero-order chi connectivity index (χ0) is 14.9. The van der Waals surface area contributed by atoms with Crippen LogP contribution in [0.2, 0.25) is 15.1 Å². The summed E-state index contributed by atoms with van der Waals surface area (Å²) in [4.78, 5) is 12.0. The van der Waals surface area contributed by atoms with Crippen LogP contribution in [0, 0.1) is 0 Å². The number of nitrogens with one attached hydrogen (secondary N) is 1. The van der Waals surface area contributed by atoms with Crippen LogP contribution < -0.4 is 5.32 Å². The second-order valence-electron chi connectivity index (χ2n) is 3.91. The van der Waals surface area contributed by atoms with Crippen LogP contribution in [0.15, 0.2) is 30.3 Å². The van der Waals surface area contributed by atoms with E-state index in [1.807, 2.05) is 0 Å². The van der Waals surface area contributed by atoms with Crippen molar-refractivity contribution in [1.82, 2.24) is 0 Å². The number of amides is 1. The lowest BCUT2D eigenvalue weighted by atomic mass is 10.2. The highest BCUT2D eigenvalue weighted by molar-refractivity contribution is 6.37. The highest BCUT2D eigenvalue weighted by Crippen LogP contribution is 2.34. The van der Waals surface area contributed by atoms with Gasteiger partial charge in [-0.3, -0.25) is 4.79 Å². The lowest BCUT2D eigenvalue weighted by Gasteiger charge is -2.08. The van der Waals surface area contributed by atoms with E-state index in [4.69, 9.17) is 34.8 Å². The number of anilines is 1. The standard InChI is InChI=1S/C13H8Cl3NO3/c14-8-3-6(1-2-11(8)18)13(20)17-7-4-9(15)12(19)10(16)5-7/h1-5,18-19H,(H,17,20). The van der Waals surface area contributed by atoms with Crippen LogP contribution in [0.5, 0.6) is 11.5 Å². The number of benzene rings is 2. The van der Waals surface area contributed by atoms with Crippen LogP contribution in [0.3, 0.4) is 0 Å². The van der Waals surface area contributed by atoms with Gasteiger partial charge < -0.3 is 15.5 Å². The first-order valence-corrected chi connectivity index (χ1v) is 6.49. The lowest BCUT2D eigenvalue weighted by Crippen LogP contribution is -2.11. The van der Waals surface area contributed by atoms with Gasteiger partial charge in [0.15, 0.2) is 5.75 Å². The molecule has 4 nitrogen and oxygen atoms in total. The van der Waals surface area contributed by atoms with Crippen molar-refractivity contribution in [3.05, 3.63) is 51.0 Å². The summed E-state index contributed by atoms with van der Waals surface area (Å²) in [5, 5.41) is 21.4. The SMILES string of the molecule is O=C(Nc1cc(Cl)c(O)c(Cl)c1)c1ccc(O)c(Cl)c1. The average Bonchev–Trinajstić information content (AvgIpc) is 2.39. The maximum Gasteiger partial charge on any atom is 0.255 e. The van der Waals surface area contributed by atoms with E-state index in [9.17, 15) is 15.0 Å². The normalized spacial score (nSPS) is 10.3. The van der Waals surface area contributed by atoms with Gasteiger partial charge in [0, 0.05) is 11.3 Å². The predicted molar refractivity (Wildman–Crippen MR) is 79.2 cm³/mol. The van der Waals surface area contributed by atoms with E-state index < -0.39 is 5.91 Å². The highest BCUT2D eigenvalue weighted by Gasteiger charge is 2.11. The number of rotatable bonds is 2. The van der Waals surface area contributed by atoms with E-state index in [0.717, 1.165) is 0 Å². The topological polar surface area (TPSA) is 69.6 Å². The third-order valence-corrected chi connectivity index (χ3v) is 3.36. The van der Waals surface area contributed by atoms with E-state index in [-0.39, 0.29) is 32.1 Å². The number of phenols is 2. The van der Waals surface area contributed by atoms with E-state index in [0.29, 0.717) is 5.69 Å². The Morgan fingerprint density at radius 2 is 1.55 bits per heavy atom. The largest absolute Gasteiger partial charge is 0.506 e. The molecule has 1 amide bonds. The summed E-state index contributed by atoms with van der Waals surface area (Å²) in [6.07, 6.45) is 0. The van der Waals surface area contributed by atoms with Gasteiger partial charge in [0.25, 0.3) is 5.91 Å². The highest BCUT2D eigenvalue weighted by atomic mass is 35.5. The maximum absolute atomic E-state index is 12.0. The summed E-state index contributed by atoms with van der Waals surface area (Å²) >= 11 is 17.2. The van der Waals surface area contributed by atoms with Gasteiger partial charge in [-0.15, -0.1) is 0 Å². The fourth-order valence-electron chi connectivity index (χ4n) is 1.49. The first kappa shape index (κ1) is 14.8. The number of aromatic hydroxyl groups is 2. The molecular weight excluding hydrogens is 325 g/mol. The molecule has 0 bridgehead atoms. The van der Waals surface area contributed by atoms with Crippen molar-refractivity contribution in [1.29, 1.82) is 0 Å². The number of hydrogen-bond donors (Lipinski definition) is 3. The molecule has 0 aliphatic carbocycles. The summed E-state index contributed by atoms with van der Waals surface area (Å²) in [6.45, 7) is 0. The second-order valence-corrected chi connectivity index (χ2v) is 5.13.